The summed E-state index contributed by atoms with van der Waals surface area (Å²) in [6, 6.07) is 28.3. The largest absolute Gasteiger partial charge is 0.231 e. The van der Waals surface area contributed by atoms with Gasteiger partial charge in [-0.2, -0.15) is 5.10 Å². The fourth-order valence-electron chi connectivity index (χ4n) is 4.45. The predicted octanol–water partition coefficient (Wildman–Crippen LogP) is 7.42. The van der Waals surface area contributed by atoms with Crippen LogP contribution < -0.4 is 5.01 Å². The quantitative estimate of drug-likeness (QED) is 0.219. The highest BCUT2D eigenvalue weighted by Gasteiger charge is 2.34. The van der Waals surface area contributed by atoms with E-state index in [4.69, 9.17) is 10.1 Å². The van der Waals surface area contributed by atoms with Gasteiger partial charge in [0.05, 0.1) is 34.5 Å². The molecule has 0 amide bonds. The normalized spacial score (nSPS) is 15.4. The molecular weight excluding hydrogens is 492 g/mol. The minimum atomic E-state index is -0.0143. The summed E-state index contributed by atoms with van der Waals surface area (Å²) < 4.78 is 1.87. The summed E-state index contributed by atoms with van der Waals surface area (Å²) in [7, 11) is 0. The van der Waals surface area contributed by atoms with Crippen molar-refractivity contribution in [3.05, 3.63) is 113 Å². The van der Waals surface area contributed by atoms with Gasteiger partial charge in [-0.3, -0.25) is 0 Å². The number of hydrogen-bond acceptors (Lipinski definition) is 8. The second kappa shape index (κ2) is 10.1. The van der Waals surface area contributed by atoms with E-state index in [9.17, 15) is 0 Å². The first-order chi connectivity index (χ1) is 18.6. The molecule has 6 rings (SSSR count). The average Bonchev–Trinajstić information content (AvgIpc) is 3.65. The van der Waals surface area contributed by atoms with Crippen LogP contribution in [0.2, 0.25) is 0 Å². The summed E-state index contributed by atoms with van der Waals surface area (Å²) in [6.07, 6.45) is 0.691. The average molecular weight is 519 g/mol. The molecule has 8 nitrogen and oxygen atoms in total. The Morgan fingerprint density at radius 1 is 0.842 bits per heavy atom. The minimum absolute atomic E-state index is 0.0143. The summed E-state index contributed by atoms with van der Waals surface area (Å²) in [5.41, 5.74) is 7.60. The van der Waals surface area contributed by atoms with E-state index in [1.807, 2.05) is 59.9 Å². The van der Waals surface area contributed by atoms with Crippen LogP contribution in [0, 0.1) is 20.8 Å². The van der Waals surface area contributed by atoms with Crippen molar-refractivity contribution in [3.8, 4) is 5.69 Å². The number of thiazole rings is 1. The lowest BCUT2D eigenvalue weighted by Crippen LogP contribution is -2.18. The lowest BCUT2D eigenvalue weighted by Gasteiger charge is -2.21. The molecule has 188 valence electrons. The molecule has 9 heteroatoms. The van der Waals surface area contributed by atoms with Crippen molar-refractivity contribution in [2.24, 2.45) is 15.3 Å². The van der Waals surface area contributed by atoms with E-state index >= 15 is 0 Å². The Morgan fingerprint density at radius 3 is 2.29 bits per heavy atom. The van der Waals surface area contributed by atoms with Crippen molar-refractivity contribution >= 4 is 32.9 Å². The molecule has 0 spiro atoms. The maximum Gasteiger partial charge on any atom is 0.208 e. The topological polar surface area (TPSA) is 83.9 Å². The second-order valence-electron chi connectivity index (χ2n) is 9.22. The van der Waals surface area contributed by atoms with E-state index in [1.54, 1.807) is 0 Å². The maximum atomic E-state index is 5.05. The van der Waals surface area contributed by atoms with Gasteiger partial charge in [0.1, 0.15) is 5.69 Å². The van der Waals surface area contributed by atoms with Gasteiger partial charge >= 0.3 is 0 Å². The Kier molecular flexibility index (Phi) is 6.35. The predicted molar refractivity (Wildman–Crippen MR) is 151 cm³/mol. The minimum Gasteiger partial charge on any atom is -0.231 e. The van der Waals surface area contributed by atoms with Crippen LogP contribution in [0.15, 0.2) is 100 Å². The van der Waals surface area contributed by atoms with Crippen LogP contribution >= 0.6 is 11.3 Å². The van der Waals surface area contributed by atoms with E-state index in [1.165, 1.54) is 16.9 Å². The molecule has 0 fully saturated rings. The SMILES string of the molecule is Cc1ccc(-n2nnc(C3=NN(c4nc(C)c(N=Nc5ccccc5)s4)C(c4ccccc4)C3)c2C)cc1. The molecule has 0 saturated carbocycles. The fourth-order valence-corrected chi connectivity index (χ4v) is 5.35. The number of hydrazone groups is 1. The molecule has 1 unspecified atom stereocenters. The lowest BCUT2D eigenvalue weighted by atomic mass is 10.0. The van der Waals surface area contributed by atoms with E-state index in [0.29, 0.717) is 6.42 Å². The van der Waals surface area contributed by atoms with Crippen LogP contribution in [0.1, 0.15) is 40.7 Å². The molecule has 3 heterocycles. The van der Waals surface area contributed by atoms with Crippen molar-refractivity contribution in [3.63, 3.8) is 0 Å². The molecule has 0 aliphatic carbocycles. The van der Waals surface area contributed by atoms with Crippen LogP contribution in [0.4, 0.5) is 15.8 Å². The highest BCUT2D eigenvalue weighted by molar-refractivity contribution is 7.19. The monoisotopic (exact) mass is 518 g/mol. The lowest BCUT2D eigenvalue weighted by molar-refractivity contribution is 0.705. The Labute approximate surface area is 225 Å². The number of anilines is 1. The van der Waals surface area contributed by atoms with Gasteiger partial charge in [0, 0.05) is 6.42 Å². The third-order valence-corrected chi connectivity index (χ3v) is 7.54. The fraction of sp³-hybridized carbons (Fsp3) is 0.172. The summed E-state index contributed by atoms with van der Waals surface area (Å²) >= 11 is 1.49. The molecule has 2 aromatic heterocycles. The summed E-state index contributed by atoms with van der Waals surface area (Å²) in [5.74, 6) is 0. The molecular formula is C29H26N8S. The first-order valence-corrected chi connectivity index (χ1v) is 13.2. The molecule has 0 radical (unpaired) electrons. The van der Waals surface area contributed by atoms with Gasteiger partial charge < -0.3 is 0 Å². The molecule has 1 atom stereocenters. The summed E-state index contributed by atoms with van der Waals surface area (Å²) in [5, 5.41) is 26.4. The zero-order chi connectivity index (χ0) is 26.1. The highest BCUT2D eigenvalue weighted by atomic mass is 32.1. The standard InChI is InChI=1S/C29H26N8S/c1-19-14-16-24(17-15-19)36-21(3)27(32-35-36)25-18-26(22-10-6-4-7-11-22)37(34-25)29-30-20(2)28(38-29)33-31-23-12-8-5-9-13-23/h4-17,26H,18H2,1-3H3. The first-order valence-electron chi connectivity index (χ1n) is 12.4. The smallest absolute Gasteiger partial charge is 0.208 e. The number of azo groups is 1. The molecule has 0 bridgehead atoms. The molecule has 1 aliphatic rings. The summed E-state index contributed by atoms with van der Waals surface area (Å²) in [4.78, 5) is 4.83. The number of rotatable bonds is 6. The molecule has 0 saturated heterocycles. The van der Waals surface area contributed by atoms with Crippen molar-refractivity contribution in [2.45, 2.75) is 33.2 Å². The van der Waals surface area contributed by atoms with Crippen molar-refractivity contribution < 1.29 is 0 Å². The molecule has 0 N–H and O–H groups in total. The highest BCUT2D eigenvalue weighted by Crippen LogP contribution is 2.42. The van der Waals surface area contributed by atoms with Gasteiger partial charge in [0.25, 0.3) is 0 Å². The van der Waals surface area contributed by atoms with E-state index in [2.05, 4.69) is 76.0 Å². The van der Waals surface area contributed by atoms with Gasteiger partial charge in [-0.1, -0.05) is 82.8 Å². The van der Waals surface area contributed by atoms with E-state index in [-0.39, 0.29) is 6.04 Å². The zero-order valence-corrected chi connectivity index (χ0v) is 22.2. The maximum absolute atomic E-state index is 5.05. The van der Waals surface area contributed by atoms with Crippen molar-refractivity contribution in [1.82, 2.24) is 20.0 Å². The number of hydrogen-bond donors (Lipinski definition) is 0. The molecule has 1 aliphatic heterocycles. The summed E-state index contributed by atoms with van der Waals surface area (Å²) in [6.45, 7) is 6.06. The number of aryl methyl sites for hydroxylation is 2. The van der Waals surface area contributed by atoms with E-state index < -0.39 is 0 Å². The third-order valence-electron chi connectivity index (χ3n) is 6.51. The Bertz CT molecular complexity index is 1620. The van der Waals surface area contributed by atoms with Crippen molar-refractivity contribution in [1.29, 1.82) is 0 Å². The number of aromatic nitrogens is 4. The van der Waals surface area contributed by atoms with Gasteiger partial charge in [-0.05, 0) is 50.6 Å². The Morgan fingerprint density at radius 2 is 1.55 bits per heavy atom. The van der Waals surface area contributed by atoms with Crippen LogP contribution in [0.5, 0.6) is 0 Å². The number of nitrogens with zero attached hydrogens (tertiary/aromatic N) is 8. The van der Waals surface area contributed by atoms with Crippen molar-refractivity contribution in [2.75, 3.05) is 5.01 Å². The van der Waals surface area contributed by atoms with Crippen LogP contribution in [0.3, 0.4) is 0 Å². The third kappa shape index (κ3) is 4.64. The van der Waals surface area contributed by atoms with Gasteiger partial charge in [0.15, 0.2) is 5.00 Å². The van der Waals surface area contributed by atoms with Crippen LogP contribution in [-0.4, -0.2) is 25.7 Å². The molecule has 3 aromatic carbocycles. The number of benzene rings is 3. The van der Waals surface area contributed by atoms with E-state index in [0.717, 1.165) is 49.9 Å². The molecule has 38 heavy (non-hydrogen) atoms. The van der Waals surface area contributed by atoms with Crippen LogP contribution in [-0.2, 0) is 0 Å². The Hall–Kier alpha value is -4.50. The van der Waals surface area contributed by atoms with Gasteiger partial charge in [-0.25, -0.2) is 14.7 Å². The van der Waals surface area contributed by atoms with Gasteiger partial charge in [-0.15, -0.1) is 15.3 Å². The second-order valence-corrected chi connectivity index (χ2v) is 10.2. The first kappa shape index (κ1) is 23.9. The Balaban J connectivity index is 1.36. The molecule has 5 aromatic rings. The zero-order valence-electron chi connectivity index (χ0n) is 21.4. The van der Waals surface area contributed by atoms with Crippen LogP contribution in [0.25, 0.3) is 5.69 Å². The van der Waals surface area contributed by atoms with Gasteiger partial charge in [0.2, 0.25) is 5.13 Å².